The quantitative estimate of drug-likeness (QED) is 0.753. The Bertz CT molecular complexity index is 794. The van der Waals surface area contributed by atoms with Crippen molar-refractivity contribution in [2.75, 3.05) is 23.8 Å². The van der Waals surface area contributed by atoms with Crippen LogP contribution in [0.1, 0.15) is 5.56 Å². The van der Waals surface area contributed by atoms with E-state index in [1.165, 1.54) is 17.7 Å². The zero-order chi connectivity index (χ0) is 16.8. The monoisotopic (exact) mass is 323 g/mol. The van der Waals surface area contributed by atoms with Crippen molar-refractivity contribution in [3.8, 4) is 0 Å². The molecule has 0 radical (unpaired) electrons. The first-order valence-corrected chi connectivity index (χ1v) is 7.66. The van der Waals surface area contributed by atoms with E-state index in [2.05, 4.69) is 25.2 Å². The first-order valence-electron chi connectivity index (χ1n) is 7.66. The summed E-state index contributed by atoms with van der Waals surface area (Å²) in [6, 6.07) is 12.1. The topological polar surface area (TPSA) is 53.9 Å². The molecule has 0 bridgehead atoms. The first kappa shape index (κ1) is 15.9. The second kappa shape index (κ2) is 7.50. The number of hydrogen-bond donors (Lipinski definition) is 1. The lowest BCUT2D eigenvalue weighted by atomic mass is 10.2. The summed E-state index contributed by atoms with van der Waals surface area (Å²) < 4.78 is 13.2. The molecule has 0 saturated heterocycles. The first-order chi connectivity index (χ1) is 11.7. The molecule has 0 aliphatic rings. The molecule has 3 rings (SSSR count). The molecule has 24 heavy (non-hydrogen) atoms. The molecule has 0 atom stereocenters. The maximum atomic E-state index is 13.2. The summed E-state index contributed by atoms with van der Waals surface area (Å²) in [7, 11) is 1.98. The Hall–Kier alpha value is -3.02. The van der Waals surface area contributed by atoms with Crippen molar-refractivity contribution < 1.29 is 4.39 Å². The lowest BCUT2D eigenvalue weighted by Gasteiger charge is -2.18. The van der Waals surface area contributed by atoms with Gasteiger partial charge in [0.15, 0.2) is 0 Å². The van der Waals surface area contributed by atoms with Crippen LogP contribution < -0.4 is 10.2 Å². The smallest absolute Gasteiger partial charge is 0.229 e. The predicted molar refractivity (Wildman–Crippen MR) is 92.9 cm³/mol. The van der Waals surface area contributed by atoms with Gasteiger partial charge in [0.25, 0.3) is 0 Å². The van der Waals surface area contributed by atoms with Crippen LogP contribution in [0.25, 0.3) is 0 Å². The minimum atomic E-state index is -0.300. The number of anilines is 3. The van der Waals surface area contributed by atoms with Crippen molar-refractivity contribution in [3.63, 3.8) is 0 Å². The van der Waals surface area contributed by atoms with Gasteiger partial charge in [-0.2, -0.15) is 4.98 Å². The third-order valence-electron chi connectivity index (χ3n) is 3.60. The van der Waals surface area contributed by atoms with Crippen molar-refractivity contribution >= 4 is 17.5 Å². The summed E-state index contributed by atoms with van der Waals surface area (Å²) in [4.78, 5) is 14.7. The van der Waals surface area contributed by atoms with Gasteiger partial charge in [-0.25, -0.2) is 9.37 Å². The molecule has 0 saturated carbocycles. The number of aromatic nitrogens is 3. The van der Waals surface area contributed by atoms with Crippen LogP contribution in [0.4, 0.5) is 21.8 Å². The molecule has 2 aromatic heterocycles. The standard InChI is InChI=1S/C18H18FN5/c1-24(12-8-14-5-9-20-10-6-14)17-7-11-21-18(23-17)22-16-4-2-3-15(19)13-16/h2-7,9-11,13H,8,12H2,1H3,(H,21,22,23). The molecule has 0 fully saturated rings. The van der Waals surface area contributed by atoms with Gasteiger partial charge in [0, 0.05) is 37.9 Å². The summed E-state index contributed by atoms with van der Waals surface area (Å²) in [5, 5.41) is 3.02. The van der Waals surface area contributed by atoms with Crippen molar-refractivity contribution in [2.45, 2.75) is 6.42 Å². The Morgan fingerprint density at radius 2 is 1.92 bits per heavy atom. The normalized spacial score (nSPS) is 10.4. The van der Waals surface area contributed by atoms with Crippen LogP contribution in [0.2, 0.25) is 0 Å². The van der Waals surface area contributed by atoms with Gasteiger partial charge in [-0.3, -0.25) is 4.98 Å². The fourth-order valence-corrected chi connectivity index (χ4v) is 2.28. The highest BCUT2D eigenvalue weighted by molar-refractivity contribution is 5.54. The van der Waals surface area contributed by atoms with E-state index in [0.29, 0.717) is 11.6 Å². The Kier molecular flexibility index (Phi) is 4.96. The number of benzene rings is 1. The van der Waals surface area contributed by atoms with Crippen LogP contribution >= 0.6 is 0 Å². The van der Waals surface area contributed by atoms with E-state index in [1.807, 2.05) is 25.2 Å². The minimum Gasteiger partial charge on any atom is -0.359 e. The third kappa shape index (κ3) is 4.25. The van der Waals surface area contributed by atoms with Crippen LogP contribution in [0.15, 0.2) is 61.1 Å². The van der Waals surface area contributed by atoms with E-state index in [9.17, 15) is 4.39 Å². The lowest BCUT2D eigenvalue weighted by Crippen LogP contribution is -2.21. The van der Waals surface area contributed by atoms with E-state index < -0.39 is 0 Å². The van der Waals surface area contributed by atoms with Gasteiger partial charge in [0.2, 0.25) is 5.95 Å². The van der Waals surface area contributed by atoms with Gasteiger partial charge in [-0.05, 0) is 48.4 Å². The van der Waals surface area contributed by atoms with Crippen LogP contribution in [0.5, 0.6) is 0 Å². The molecule has 122 valence electrons. The number of nitrogens with zero attached hydrogens (tertiary/aromatic N) is 4. The Labute approximate surface area is 140 Å². The van der Waals surface area contributed by atoms with Crippen LogP contribution in [-0.2, 0) is 6.42 Å². The molecular weight excluding hydrogens is 305 g/mol. The SMILES string of the molecule is CN(CCc1ccncc1)c1ccnc(Nc2cccc(F)c2)n1. The largest absolute Gasteiger partial charge is 0.359 e. The molecule has 5 nitrogen and oxygen atoms in total. The zero-order valence-corrected chi connectivity index (χ0v) is 13.4. The number of rotatable bonds is 6. The van der Waals surface area contributed by atoms with Crippen LogP contribution in [0.3, 0.4) is 0 Å². The Morgan fingerprint density at radius 1 is 1.08 bits per heavy atom. The molecule has 0 aliphatic heterocycles. The van der Waals surface area contributed by atoms with Gasteiger partial charge in [0.1, 0.15) is 11.6 Å². The highest BCUT2D eigenvalue weighted by atomic mass is 19.1. The molecule has 0 unspecified atom stereocenters. The van der Waals surface area contributed by atoms with E-state index in [0.717, 1.165) is 18.8 Å². The van der Waals surface area contributed by atoms with Gasteiger partial charge in [-0.1, -0.05) is 6.07 Å². The second-order valence-corrected chi connectivity index (χ2v) is 5.40. The number of likely N-dealkylation sites (N-methyl/N-ethyl adjacent to an activating group) is 1. The van der Waals surface area contributed by atoms with Gasteiger partial charge >= 0.3 is 0 Å². The Morgan fingerprint density at radius 3 is 2.71 bits per heavy atom. The molecule has 6 heteroatoms. The fraction of sp³-hybridized carbons (Fsp3) is 0.167. The average molecular weight is 323 g/mol. The molecular formula is C18H18FN5. The van der Waals surface area contributed by atoms with Crippen molar-refractivity contribution in [1.82, 2.24) is 15.0 Å². The van der Waals surface area contributed by atoms with E-state index in [1.54, 1.807) is 30.7 Å². The van der Waals surface area contributed by atoms with E-state index >= 15 is 0 Å². The third-order valence-corrected chi connectivity index (χ3v) is 3.60. The van der Waals surface area contributed by atoms with Gasteiger partial charge in [-0.15, -0.1) is 0 Å². The minimum absolute atomic E-state index is 0.300. The van der Waals surface area contributed by atoms with Crippen molar-refractivity contribution in [3.05, 3.63) is 72.4 Å². The number of hydrogen-bond acceptors (Lipinski definition) is 5. The summed E-state index contributed by atoms with van der Waals surface area (Å²) in [5.41, 5.74) is 1.84. The van der Waals surface area contributed by atoms with Crippen LogP contribution in [-0.4, -0.2) is 28.5 Å². The molecule has 1 aromatic carbocycles. The zero-order valence-electron chi connectivity index (χ0n) is 13.4. The second-order valence-electron chi connectivity index (χ2n) is 5.40. The summed E-state index contributed by atoms with van der Waals surface area (Å²) in [6.07, 6.45) is 6.17. The summed E-state index contributed by atoms with van der Waals surface area (Å²) in [5.74, 6) is 0.942. The number of pyridine rings is 1. The number of nitrogens with one attached hydrogen (secondary N) is 1. The van der Waals surface area contributed by atoms with Crippen LogP contribution in [0, 0.1) is 5.82 Å². The summed E-state index contributed by atoms with van der Waals surface area (Å²) >= 11 is 0. The maximum Gasteiger partial charge on any atom is 0.229 e. The van der Waals surface area contributed by atoms with Gasteiger partial charge < -0.3 is 10.2 Å². The predicted octanol–water partition coefficient (Wildman–Crippen LogP) is 3.43. The highest BCUT2D eigenvalue weighted by Crippen LogP contribution is 2.16. The molecule has 0 spiro atoms. The van der Waals surface area contributed by atoms with E-state index in [4.69, 9.17) is 0 Å². The lowest BCUT2D eigenvalue weighted by molar-refractivity contribution is 0.628. The van der Waals surface area contributed by atoms with Crippen molar-refractivity contribution in [1.29, 1.82) is 0 Å². The highest BCUT2D eigenvalue weighted by Gasteiger charge is 2.06. The molecule has 1 N–H and O–H groups in total. The summed E-state index contributed by atoms with van der Waals surface area (Å²) in [6.45, 7) is 0.820. The van der Waals surface area contributed by atoms with Gasteiger partial charge in [0.05, 0.1) is 0 Å². The molecule has 0 amide bonds. The molecule has 3 aromatic rings. The maximum absolute atomic E-state index is 13.2. The van der Waals surface area contributed by atoms with Crippen molar-refractivity contribution in [2.24, 2.45) is 0 Å². The fourth-order valence-electron chi connectivity index (χ4n) is 2.28. The molecule has 0 aliphatic carbocycles. The van der Waals surface area contributed by atoms with E-state index in [-0.39, 0.29) is 5.82 Å². The Balaban J connectivity index is 1.66. The number of halogens is 1. The average Bonchev–Trinajstić information content (AvgIpc) is 2.61. The molecule has 2 heterocycles.